The summed E-state index contributed by atoms with van der Waals surface area (Å²) >= 11 is 1.84. The molecule has 0 aromatic heterocycles. The molecule has 0 saturated heterocycles. The van der Waals surface area contributed by atoms with Crippen molar-refractivity contribution in [3.8, 4) is 0 Å². The molecule has 4 rings (SSSR count). The van der Waals surface area contributed by atoms with E-state index in [-0.39, 0.29) is 0 Å². The summed E-state index contributed by atoms with van der Waals surface area (Å²) in [6.07, 6.45) is 7.33. The van der Waals surface area contributed by atoms with Gasteiger partial charge in [0.05, 0.1) is 0 Å². The molecule has 0 nitrogen and oxygen atoms in total. The van der Waals surface area contributed by atoms with Crippen LogP contribution in [-0.4, -0.2) is 0 Å². The number of hydrogen-bond donors (Lipinski definition) is 0. The second-order valence-electron chi connectivity index (χ2n) is 8.81. The lowest BCUT2D eigenvalue weighted by molar-refractivity contribution is 0.626. The molecular formula is C30H42S. The predicted octanol–water partition coefficient (Wildman–Crippen LogP) is 9.85. The summed E-state index contributed by atoms with van der Waals surface area (Å²) in [6, 6.07) is 15.2. The van der Waals surface area contributed by atoms with E-state index in [0.29, 0.717) is 5.92 Å². The lowest BCUT2D eigenvalue weighted by atomic mass is 9.94. The first-order valence-corrected chi connectivity index (χ1v) is 12.4. The van der Waals surface area contributed by atoms with Crippen LogP contribution in [0.3, 0.4) is 0 Å². The highest BCUT2D eigenvalue weighted by Gasteiger charge is 2.19. The van der Waals surface area contributed by atoms with Crippen LogP contribution in [0.1, 0.15) is 70.6 Å². The van der Waals surface area contributed by atoms with Crippen molar-refractivity contribution in [1.29, 1.82) is 0 Å². The second-order valence-corrected chi connectivity index (χ2v) is 9.89. The van der Waals surface area contributed by atoms with Crippen molar-refractivity contribution in [2.45, 2.75) is 70.1 Å². The van der Waals surface area contributed by atoms with E-state index >= 15 is 0 Å². The smallest absolute Gasteiger partial charge is 0.0201 e. The maximum atomic E-state index is 4.30. The first-order valence-electron chi connectivity index (χ1n) is 11.6. The van der Waals surface area contributed by atoms with Crippen LogP contribution in [0.2, 0.25) is 0 Å². The molecular weight excluding hydrogens is 392 g/mol. The highest BCUT2D eigenvalue weighted by atomic mass is 32.2. The Kier molecular flexibility index (Phi) is 12.3. The third-order valence-electron chi connectivity index (χ3n) is 5.44. The number of allylic oxidation sites excluding steroid dienone is 1. The summed E-state index contributed by atoms with van der Waals surface area (Å²) in [6.45, 7) is 25.3. The summed E-state index contributed by atoms with van der Waals surface area (Å²) in [7, 11) is 0. The maximum absolute atomic E-state index is 4.30. The Morgan fingerprint density at radius 2 is 1.55 bits per heavy atom. The van der Waals surface area contributed by atoms with Crippen LogP contribution >= 0.6 is 11.8 Å². The summed E-state index contributed by atoms with van der Waals surface area (Å²) in [5.74, 6) is 2.47. The SMILES string of the molecule is C=C.C=CC(C)Cc1ccc2c(c1)C(=C)c1ccccc1S2.CC1CC1.CCC(C)C. The molecule has 0 amide bonds. The van der Waals surface area contributed by atoms with Gasteiger partial charge in [0.15, 0.2) is 0 Å². The Hall–Kier alpha value is -1.99. The van der Waals surface area contributed by atoms with E-state index < -0.39 is 0 Å². The molecule has 1 aliphatic heterocycles. The highest BCUT2D eigenvalue weighted by molar-refractivity contribution is 7.99. The number of benzene rings is 2. The average Bonchev–Trinajstić information content (AvgIpc) is 3.58. The maximum Gasteiger partial charge on any atom is 0.0201 e. The minimum atomic E-state index is 0.504. The van der Waals surface area contributed by atoms with E-state index in [9.17, 15) is 0 Å². The zero-order valence-corrected chi connectivity index (χ0v) is 21.2. The molecule has 0 radical (unpaired) electrons. The second kappa shape index (κ2) is 14.1. The largest absolute Gasteiger partial charge is 0.106 e. The van der Waals surface area contributed by atoms with Gasteiger partial charge in [0.2, 0.25) is 0 Å². The van der Waals surface area contributed by atoms with Gasteiger partial charge in [0.1, 0.15) is 0 Å². The van der Waals surface area contributed by atoms with Gasteiger partial charge in [-0.15, -0.1) is 19.7 Å². The van der Waals surface area contributed by atoms with Gasteiger partial charge in [-0.25, -0.2) is 0 Å². The first-order chi connectivity index (χ1) is 14.8. The third-order valence-corrected chi connectivity index (χ3v) is 6.60. The Labute approximate surface area is 196 Å². The molecule has 0 spiro atoms. The number of fused-ring (bicyclic) bond motifs is 2. The fourth-order valence-corrected chi connectivity index (χ4v) is 3.83. The van der Waals surface area contributed by atoms with Crippen molar-refractivity contribution in [2.75, 3.05) is 0 Å². The molecule has 0 bridgehead atoms. The molecule has 168 valence electrons. The zero-order chi connectivity index (χ0) is 23.4. The lowest BCUT2D eigenvalue weighted by Crippen LogP contribution is -2.01. The highest BCUT2D eigenvalue weighted by Crippen LogP contribution is 2.44. The molecule has 31 heavy (non-hydrogen) atoms. The van der Waals surface area contributed by atoms with Gasteiger partial charge in [-0.05, 0) is 64.6 Å². The van der Waals surface area contributed by atoms with Crippen LogP contribution in [0, 0.1) is 17.8 Å². The molecule has 2 aliphatic rings. The van der Waals surface area contributed by atoms with E-state index in [1.54, 1.807) is 0 Å². The van der Waals surface area contributed by atoms with E-state index in [2.05, 4.69) is 103 Å². The van der Waals surface area contributed by atoms with Gasteiger partial charge in [-0.1, -0.05) is 103 Å². The number of rotatable bonds is 4. The van der Waals surface area contributed by atoms with Gasteiger partial charge in [0, 0.05) is 9.79 Å². The topological polar surface area (TPSA) is 0 Å². The molecule has 1 fully saturated rings. The van der Waals surface area contributed by atoms with Crippen LogP contribution < -0.4 is 0 Å². The molecule has 2 aromatic rings. The number of hydrogen-bond acceptors (Lipinski definition) is 1. The standard InChI is InChI=1S/C19H18S.C5H12.C4H8.C2H4/c1-4-13(2)11-15-9-10-19-17(12-15)14(3)16-7-5-6-8-18(16)20-19;1-4-5(2)3;1-4-2-3-4;1-2/h4-10,12-13H,1,3,11H2,2H3;5H,4H2,1-3H3;4H,2-3H2,1H3;1-2H2. The van der Waals surface area contributed by atoms with Crippen LogP contribution in [0.15, 0.2) is 84.6 Å². The molecule has 0 N–H and O–H groups in total. The van der Waals surface area contributed by atoms with Crippen molar-refractivity contribution in [3.05, 3.63) is 91.5 Å². The molecule has 1 heteroatoms. The third kappa shape index (κ3) is 9.35. The molecule has 1 unspecified atom stereocenters. The quantitative estimate of drug-likeness (QED) is 0.368. The van der Waals surface area contributed by atoms with Gasteiger partial charge in [-0.3, -0.25) is 0 Å². The molecule has 1 heterocycles. The first kappa shape index (κ1) is 27.0. The minimum absolute atomic E-state index is 0.504. The van der Waals surface area contributed by atoms with Crippen LogP contribution in [0.5, 0.6) is 0 Å². The van der Waals surface area contributed by atoms with Crippen molar-refractivity contribution in [1.82, 2.24) is 0 Å². The summed E-state index contributed by atoms with van der Waals surface area (Å²) in [5.41, 5.74) is 5.04. The van der Waals surface area contributed by atoms with Crippen molar-refractivity contribution in [3.63, 3.8) is 0 Å². The normalized spacial score (nSPS) is 14.3. The van der Waals surface area contributed by atoms with Crippen LogP contribution in [0.25, 0.3) is 5.57 Å². The Morgan fingerprint density at radius 3 is 2.06 bits per heavy atom. The average molecular weight is 435 g/mol. The predicted molar refractivity (Wildman–Crippen MR) is 143 cm³/mol. The molecule has 1 aliphatic carbocycles. The molecule has 2 aromatic carbocycles. The monoisotopic (exact) mass is 434 g/mol. The van der Waals surface area contributed by atoms with Crippen LogP contribution in [-0.2, 0) is 6.42 Å². The fraction of sp³-hybridized carbons (Fsp3) is 0.400. The van der Waals surface area contributed by atoms with Crippen molar-refractivity contribution >= 4 is 17.3 Å². The van der Waals surface area contributed by atoms with Gasteiger partial charge in [-0.2, -0.15) is 0 Å². The van der Waals surface area contributed by atoms with E-state index in [1.165, 1.54) is 45.7 Å². The van der Waals surface area contributed by atoms with E-state index in [0.717, 1.165) is 23.8 Å². The summed E-state index contributed by atoms with van der Waals surface area (Å²) in [5, 5.41) is 0. The fourth-order valence-electron chi connectivity index (χ4n) is 2.72. The van der Waals surface area contributed by atoms with Crippen molar-refractivity contribution < 1.29 is 0 Å². The van der Waals surface area contributed by atoms with Gasteiger partial charge < -0.3 is 0 Å². The Balaban J connectivity index is 0.000000362. The van der Waals surface area contributed by atoms with Gasteiger partial charge >= 0.3 is 0 Å². The summed E-state index contributed by atoms with van der Waals surface area (Å²) < 4.78 is 0. The molecule has 1 atom stereocenters. The minimum Gasteiger partial charge on any atom is -0.106 e. The van der Waals surface area contributed by atoms with E-state index in [1.807, 2.05) is 17.8 Å². The van der Waals surface area contributed by atoms with E-state index in [4.69, 9.17) is 0 Å². The summed E-state index contributed by atoms with van der Waals surface area (Å²) in [4.78, 5) is 2.61. The Bertz CT molecular complexity index is 826. The van der Waals surface area contributed by atoms with Crippen LogP contribution in [0.4, 0.5) is 0 Å². The zero-order valence-electron chi connectivity index (χ0n) is 20.4. The Morgan fingerprint density at radius 1 is 1.00 bits per heavy atom. The lowest BCUT2D eigenvalue weighted by Gasteiger charge is -2.22. The van der Waals surface area contributed by atoms with Gasteiger partial charge in [0.25, 0.3) is 0 Å². The van der Waals surface area contributed by atoms with Crippen molar-refractivity contribution in [2.24, 2.45) is 17.8 Å². The molecule has 1 saturated carbocycles.